The molecular formula is C13H22N4S. The molecule has 1 saturated carbocycles. The van der Waals surface area contributed by atoms with Crippen LogP contribution in [-0.4, -0.2) is 34.6 Å². The molecular weight excluding hydrogens is 244 g/mol. The van der Waals surface area contributed by atoms with Gasteiger partial charge in [0.1, 0.15) is 17.5 Å². The van der Waals surface area contributed by atoms with E-state index in [1.165, 1.54) is 12.8 Å². The summed E-state index contributed by atoms with van der Waals surface area (Å²) in [5, 5.41) is 7.27. The second-order valence-corrected chi connectivity index (χ2v) is 6.00. The molecule has 0 aliphatic heterocycles. The van der Waals surface area contributed by atoms with Gasteiger partial charge in [-0.3, -0.25) is 0 Å². The molecule has 100 valence electrons. The minimum Gasteiger partial charge on any atom is -0.370 e. The fourth-order valence-electron chi connectivity index (χ4n) is 1.68. The fourth-order valence-corrected chi connectivity index (χ4v) is 1.93. The lowest BCUT2D eigenvalue weighted by Crippen LogP contribution is -2.15. The number of nitrogens with zero attached hydrogens (tertiary/aromatic N) is 2. The topological polar surface area (TPSA) is 49.8 Å². The van der Waals surface area contributed by atoms with Crippen molar-refractivity contribution < 1.29 is 0 Å². The van der Waals surface area contributed by atoms with E-state index in [0.717, 1.165) is 30.5 Å². The molecule has 0 saturated heterocycles. The number of hydrogen-bond acceptors (Lipinski definition) is 5. The summed E-state index contributed by atoms with van der Waals surface area (Å²) >= 11 is 1.86. The molecule has 0 bridgehead atoms. The van der Waals surface area contributed by atoms with Crippen molar-refractivity contribution in [2.24, 2.45) is 0 Å². The lowest BCUT2D eigenvalue weighted by atomic mass is 10.3. The Morgan fingerprint density at radius 3 is 2.56 bits per heavy atom. The highest BCUT2D eigenvalue weighted by Gasteiger charge is 2.27. The third-order valence-electron chi connectivity index (χ3n) is 3.02. The predicted octanol–water partition coefficient (Wildman–Crippen LogP) is 2.95. The van der Waals surface area contributed by atoms with E-state index in [4.69, 9.17) is 0 Å². The van der Waals surface area contributed by atoms with Crippen molar-refractivity contribution in [3.8, 4) is 0 Å². The number of anilines is 2. The molecule has 0 amide bonds. The van der Waals surface area contributed by atoms with Gasteiger partial charge in [-0.1, -0.05) is 6.92 Å². The molecule has 1 unspecified atom stereocenters. The lowest BCUT2D eigenvalue weighted by Gasteiger charge is -2.13. The van der Waals surface area contributed by atoms with Crippen molar-refractivity contribution in [2.75, 3.05) is 30.0 Å². The molecule has 1 fully saturated rings. The quantitative estimate of drug-likeness (QED) is 0.794. The van der Waals surface area contributed by atoms with Gasteiger partial charge in [0.05, 0.1) is 0 Å². The van der Waals surface area contributed by atoms with E-state index in [0.29, 0.717) is 11.2 Å². The van der Waals surface area contributed by atoms with Crippen LogP contribution in [0.5, 0.6) is 0 Å². The van der Waals surface area contributed by atoms with Gasteiger partial charge in [-0.05, 0) is 26.0 Å². The van der Waals surface area contributed by atoms with Crippen molar-refractivity contribution in [1.82, 2.24) is 9.97 Å². The molecule has 0 radical (unpaired) electrons. The highest BCUT2D eigenvalue weighted by Crippen LogP contribution is 2.38. The van der Waals surface area contributed by atoms with Crippen LogP contribution >= 0.6 is 11.8 Å². The highest BCUT2D eigenvalue weighted by atomic mass is 32.2. The van der Waals surface area contributed by atoms with E-state index in [9.17, 15) is 0 Å². The molecule has 1 aliphatic carbocycles. The molecule has 2 rings (SSSR count). The van der Waals surface area contributed by atoms with Gasteiger partial charge in [0, 0.05) is 30.3 Å². The first-order valence-corrected chi connectivity index (χ1v) is 7.91. The zero-order chi connectivity index (χ0) is 13.0. The monoisotopic (exact) mass is 266 g/mol. The van der Waals surface area contributed by atoms with Crippen molar-refractivity contribution in [3.05, 3.63) is 11.9 Å². The summed E-state index contributed by atoms with van der Waals surface area (Å²) in [6.07, 6.45) is 4.60. The molecule has 1 atom stereocenters. The van der Waals surface area contributed by atoms with Gasteiger partial charge in [0.25, 0.3) is 0 Å². The van der Waals surface area contributed by atoms with Gasteiger partial charge >= 0.3 is 0 Å². The normalized spacial score (nSPS) is 16.4. The van der Waals surface area contributed by atoms with E-state index in [2.05, 4.69) is 40.7 Å². The third-order valence-corrected chi connectivity index (χ3v) is 3.99. The highest BCUT2D eigenvalue weighted by molar-refractivity contribution is 7.99. The number of aromatic nitrogens is 2. The summed E-state index contributed by atoms with van der Waals surface area (Å²) in [4.78, 5) is 9.18. The Hall–Kier alpha value is -0.970. The van der Waals surface area contributed by atoms with E-state index in [1.807, 2.05) is 17.8 Å². The van der Waals surface area contributed by atoms with Crippen molar-refractivity contribution in [3.63, 3.8) is 0 Å². The number of rotatable bonds is 7. The average molecular weight is 266 g/mol. The van der Waals surface area contributed by atoms with Gasteiger partial charge in [-0.25, -0.2) is 9.97 Å². The van der Waals surface area contributed by atoms with Crippen LogP contribution in [0.1, 0.15) is 38.4 Å². The minimum atomic E-state index is 0.585. The molecule has 1 aromatic heterocycles. The van der Waals surface area contributed by atoms with Crippen LogP contribution in [0.4, 0.5) is 11.6 Å². The van der Waals surface area contributed by atoms with E-state index in [1.54, 1.807) is 0 Å². The van der Waals surface area contributed by atoms with Crippen LogP contribution in [0.15, 0.2) is 6.07 Å². The summed E-state index contributed by atoms with van der Waals surface area (Å²) in [6, 6.07) is 2.00. The fraction of sp³-hybridized carbons (Fsp3) is 0.692. The van der Waals surface area contributed by atoms with Gasteiger partial charge < -0.3 is 10.6 Å². The number of hydrogen-bond donors (Lipinski definition) is 2. The Kier molecular flexibility index (Phi) is 4.69. The van der Waals surface area contributed by atoms with Gasteiger partial charge in [0.15, 0.2) is 0 Å². The second-order valence-electron chi connectivity index (χ2n) is 4.73. The van der Waals surface area contributed by atoms with E-state index < -0.39 is 0 Å². The van der Waals surface area contributed by atoms with Crippen molar-refractivity contribution >= 4 is 23.4 Å². The summed E-state index contributed by atoms with van der Waals surface area (Å²) in [5.74, 6) is 3.47. The molecule has 2 N–H and O–H groups in total. The molecule has 4 nitrogen and oxygen atoms in total. The Bertz CT molecular complexity index is 393. The van der Waals surface area contributed by atoms with Gasteiger partial charge in [-0.2, -0.15) is 11.8 Å². The summed E-state index contributed by atoms with van der Waals surface area (Å²) in [6.45, 7) is 6.13. The summed E-state index contributed by atoms with van der Waals surface area (Å²) in [7, 11) is 0. The van der Waals surface area contributed by atoms with Crippen LogP contribution in [0.25, 0.3) is 0 Å². The van der Waals surface area contributed by atoms with E-state index in [-0.39, 0.29) is 0 Å². The maximum absolute atomic E-state index is 4.61. The average Bonchev–Trinajstić information content (AvgIpc) is 3.20. The molecule has 1 aliphatic rings. The molecule has 18 heavy (non-hydrogen) atoms. The van der Waals surface area contributed by atoms with Crippen LogP contribution in [0.2, 0.25) is 0 Å². The molecule has 0 aromatic carbocycles. The number of nitrogens with one attached hydrogen (secondary N) is 2. The minimum absolute atomic E-state index is 0.585. The summed E-state index contributed by atoms with van der Waals surface area (Å²) < 4.78 is 0. The van der Waals surface area contributed by atoms with Crippen LogP contribution in [-0.2, 0) is 0 Å². The van der Waals surface area contributed by atoms with Crippen molar-refractivity contribution in [2.45, 2.75) is 37.9 Å². The first-order chi connectivity index (χ1) is 8.72. The largest absolute Gasteiger partial charge is 0.370 e. The van der Waals surface area contributed by atoms with Crippen LogP contribution < -0.4 is 10.6 Å². The second kappa shape index (κ2) is 6.27. The van der Waals surface area contributed by atoms with Crippen LogP contribution in [0, 0.1) is 0 Å². The lowest BCUT2D eigenvalue weighted by molar-refractivity contribution is 0.911. The Morgan fingerprint density at radius 2 is 2.00 bits per heavy atom. The predicted molar refractivity (Wildman–Crippen MR) is 79.6 cm³/mol. The molecule has 1 heterocycles. The maximum atomic E-state index is 4.61. The SMILES string of the molecule is CCNc1cc(NCC(C)SC)nc(C2CC2)n1. The summed E-state index contributed by atoms with van der Waals surface area (Å²) in [5.41, 5.74) is 0. The number of thioether (sulfide) groups is 1. The van der Waals surface area contributed by atoms with Gasteiger partial charge in [-0.15, -0.1) is 0 Å². The maximum Gasteiger partial charge on any atom is 0.136 e. The standard InChI is InChI=1S/C13H22N4S/c1-4-14-11-7-12(15-8-9(2)18-3)17-13(16-11)10-5-6-10/h7,9-10H,4-6,8H2,1-3H3,(H2,14,15,16,17). The third kappa shape index (κ3) is 3.77. The molecule has 5 heteroatoms. The zero-order valence-electron chi connectivity index (χ0n) is 11.4. The Balaban J connectivity index is 2.07. The Morgan fingerprint density at radius 1 is 1.33 bits per heavy atom. The first kappa shape index (κ1) is 13.5. The van der Waals surface area contributed by atoms with Crippen molar-refractivity contribution in [1.29, 1.82) is 0 Å². The first-order valence-electron chi connectivity index (χ1n) is 6.62. The molecule has 0 spiro atoms. The smallest absolute Gasteiger partial charge is 0.136 e. The van der Waals surface area contributed by atoms with E-state index >= 15 is 0 Å². The van der Waals surface area contributed by atoms with Crippen LogP contribution in [0.3, 0.4) is 0 Å². The van der Waals surface area contributed by atoms with Gasteiger partial charge in [0.2, 0.25) is 0 Å². The zero-order valence-corrected chi connectivity index (χ0v) is 12.2. The molecule has 1 aromatic rings. The Labute approximate surface area is 113 Å².